The van der Waals surface area contributed by atoms with E-state index in [4.69, 9.17) is 4.42 Å². The van der Waals surface area contributed by atoms with Crippen molar-refractivity contribution in [3.8, 4) is 5.88 Å². The number of nitrogens with one attached hydrogen (secondary N) is 1. The molecular weight excluding hydrogens is 211 g/mol. The zero-order chi connectivity index (χ0) is 11.1. The molecule has 0 aliphatic heterocycles. The number of furan rings is 1. The Hall–Kier alpha value is -2.30. The van der Waals surface area contributed by atoms with E-state index in [1.165, 1.54) is 16.9 Å². The first-order valence-corrected chi connectivity index (χ1v) is 4.70. The minimum atomic E-state index is -0.466. The molecule has 4 nitrogen and oxygen atoms in total. The zero-order valence-electron chi connectivity index (χ0n) is 8.11. The molecule has 0 amide bonds. The van der Waals surface area contributed by atoms with Crippen LogP contribution in [0.3, 0.4) is 0 Å². The number of hydrogen-bond donors (Lipinski definition) is 1. The molecule has 80 valence electrons. The summed E-state index contributed by atoms with van der Waals surface area (Å²) in [5.41, 5.74) is 0.221. The van der Waals surface area contributed by atoms with Gasteiger partial charge < -0.3 is 9.40 Å². The number of fused-ring (bicyclic) bond motifs is 1. The molecule has 5 heteroatoms. The summed E-state index contributed by atoms with van der Waals surface area (Å²) >= 11 is 0. The van der Waals surface area contributed by atoms with Gasteiger partial charge in [-0.15, -0.1) is 0 Å². The summed E-state index contributed by atoms with van der Waals surface area (Å²) in [5.74, 6) is -0.173. The van der Waals surface area contributed by atoms with Gasteiger partial charge in [0.15, 0.2) is 0 Å². The summed E-state index contributed by atoms with van der Waals surface area (Å²) in [5, 5.41) is 0. The molecule has 0 aliphatic rings. The molecule has 2 aromatic heterocycles. The van der Waals surface area contributed by atoms with Gasteiger partial charge in [-0.3, -0.25) is 0 Å². The summed E-state index contributed by atoms with van der Waals surface area (Å²) in [6.07, 6.45) is 1.43. The molecule has 2 heterocycles. The van der Waals surface area contributed by atoms with Crippen molar-refractivity contribution in [1.29, 1.82) is 0 Å². The maximum absolute atomic E-state index is 13.6. The van der Waals surface area contributed by atoms with Crippen LogP contribution in [-0.2, 0) is 0 Å². The fourth-order valence-electron chi connectivity index (χ4n) is 1.72. The van der Waals surface area contributed by atoms with Gasteiger partial charge in [0.1, 0.15) is 11.3 Å². The second-order valence-corrected chi connectivity index (χ2v) is 3.35. The maximum Gasteiger partial charge on any atom is 0.333 e. The molecule has 16 heavy (non-hydrogen) atoms. The number of aromatic nitrogens is 2. The first-order chi connectivity index (χ1) is 7.77. The number of benzene rings is 1. The van der Waals surface area contributed by atoms with Crippen LogP contribution in [0.2, 0.25) is 0 Å². The SMILES string of the molecule is O=c1[nH]c2cccc(F)c2n1-c1ccco1. The zero-order valence-corrected chi connectivity index (χ0v) is 8.11. The van der Waals surface area contributed by atoms with Gasteiger partial charge in [-0.2, -0.15) is 0 Å². The molecule has 0 fully saturated rings. The van der Waals surface area contributed by atoms with Crippen LogP contribution in [0.4, 0.5) is 4.39 Å². The van der Waals surface area contributed by atoms with E-state index in [1.807, 2.05) is 0 Å². The van der Waals surface area contributed by atoms with Crippen molar-refractivity contribution in [3.63, 3.8) is 0 Å². The Morgan fingerprint density at radius 3 is 2.88 bits per heavy atom. The predicted molar refractivity (Wildman–Crippen MR) is 56.1 cm³/mol. The molecular formula is C11H7FN2O2. The van der Waals surface area contributed by atoms with Crippen LogP contribution in [0.1, 0.15) is 0 Å². The van der Waals surface area contributed by atoms with Gasteiger partial charge in [0.2, 0.25) is 5.88 Å². The van der Waals surface area contributed by atoms with E-state index in [0.29, 0.717) is 11.4 Å². The van der Waals surface area contributed by atoms with Gasteiger partial charge in [-0.05, 0) is 18.2 Å². The molecule has 0 spiro atoms. The van der Waals surface area contributed by atoms with Crippen LogP contribution in [0.5, 0.6) is 0 Å². The van der Waals surface area contributed by atoms with E-state index in [2.05, 4.69) is 4.98 Å². The highest BCUT2D eigenvalue weighted by atomic mass is 19.1. The predicted octanol–water partition coefficient (Wildman–Crippen LogP) is 2.05. The number of hydrogen-bond acceptors (Lipinski definition) is 2. The Bertz CT molecular complexity index is 694. The third kappa shape index (κ3) is 1.11. The van der Waals surface area contributed by atoms with Crippen LogP contribution >= 0.6 is 0 Å². The lowest BCUT2D eigenvalue weighted by molar-refractivity contribution is 0.535. The number of aromatic amines is 1. The standard InChI is InChI=1S/C11H7FN2O2/c12-7-3-1-4-8-10(7)14(11(15)13-8)9-5-2-6-16-9/h1-6H,(H,13,15). The van der Waals surface area contributed by atoms with Crippen LogP contribution in [0, 0.1) is 5.82 Å². The molecule has 0 bridgehead atoms. The normalized spacial score (nSPS) is 11.1. The smallest absolute Gasteiger partial charge is 0.333 e. The molecule has 0 radical (unpaired) electrons. The number of nitrogens with zero attached hydrogens (tertiary/aromatic N) is 1. The van der Waals surface area contributed by atoms with E-state index >= 15 is 0 Å². The number of H-pyrrole nitrogens is 1. The second-order valence-electron chi connectivity index (χ2n) is 3.35. The molecule has 0 saturated carbocycles. The number of rotatable bonds is 1. The largest absolute Gasteiger partial charge is 0.448 e. The molecule has 0 atom stereocenters. The van der Waals surface area contributed by atoms with E-state index in [-0.39, 0.29) is 5.52 Å². The lowest BCUT2D eigenvalue weighted by atomic mass is 10.3. The van der Waals surface area contributed by atoms with Crippen molar-refractivity contribution in [3.05, 3.63) is 52.9 Å². The molecule has 1 aromatic carbocycles. The van der Waals surface area contributed by atoms with Gasteiger partial charge in [-0.1, -0.05) is 6.07 Å². The van der Waals surface area contributed by atoms with Gasteiger partial charge in [0.05, 0.1) is 11.8 Å². The first kappa shape index (κ1) is 8.96. The van der Waals surface area contributed by atoms with Crippen LogP contribution in [-0.4, -0.2) is 9.55 Å². The average Bonchev–Trinajstić information content (AvgIpc) is 2.84. The first-order valence-electron chi connectivity index (χ1n) is 4.70. The Morgan fingerprint density at radius 1 is 1.25 bits per heavy atom. The molecule has 1 N–H and O–H groups in total. The highest BCUT2D eigenvalue weighted by Gasteiger charge is 2.13. The fourth-order valence-corrected chi connectivity index (χ4v) is 1.72. The van der Waals surface area contributed by atoms with Crippen LogP contribution in [0.15, 0.2) is 45.8 Å². The van der Waals surface area contributed by atoms with Crippen molar-refractivity contribution < 1.29 is 8.81 Å². The minimum absolute atomic E-state index is 0.197. The molecule has 3 aromatic rings. The molecule has 0 unspecified atom stereocenters. The Morgan fingerprint density at radius 2 is 2.12 bits per heavy atom. The quantitative estimate of drug-likeness (QED) is 0.679. The monoisotopic (exact) mass is 218 g/mol. The summed E-state index contributed by atoms with van der Waals surface area (Å²) < 4.78 is 19.9. The van der Waals surface area contributed by atoms with Gasteiger partial charge in [0, 0.05) is 6.07 Å². The Kier molecular flexibility index (Phi) is 1.73. The third-order valence-electron chi connectivity index (χ3n) is 2.38. The maximum atomic E-state index is 13.6. The van der Waals surface area contributed by atoms with Crippen molar-refractivity contribution >= 4 is 11.0 Å². The van der Waals surface area contributed by atoms with E-state index < -0.39 is 11.5 Å². The number of halogens is 1. The van der Waals surface area contributed by atoms with Gasteiger partial charge >= 0.3 is 5.69 Å². The fraction of sp³-hybridized carbons (Fsp3) is 0. The highest BCUT2D eigenvalue weighted by Crippen LogP contribution is 2.18. The van der Waals surface area contributed by atoms with Gasteiger partial charge in [-0.25, -0.2) is 13.8 Å². The van der Waals surface area contributed by atoms with Crippen molar-refractivity contribution in [2.75, 3.05) is 0 Å². The van der Waals surface area contributed by atoms with Crippen LogP contribution in [0.25, 0.3) is 16.9 Å². The van der Waals surface area contributed by atoms with Crippen molar-refractivity contribution in [2.45, 2.75) is 0 Å². The average molecular weight is 218 g/mol. The summed E-state index contributed by atoms with van der Waals surface area (Å²) in [6, 6.07) is 7.72. The Balaban J connectivity index is 2.49. The third-order valence-corrected chi connectivity index (χ3v) is 2.38. The van der Waals surface area contributed by atoms with Gasteiger partial charge in [0.25, 0.3) is 0 Å². The van der Waals surface area contributed by atoms with E-state index in [9.17, 15) is 9.18 Å². The summed E-state index contributed by atoms with van der Waals surface area (Å²) in [6.45, 7) is 0. The minimum Gasteiger partial charge on any atom is -0.448 e. The Labute approximate surface area is 88.9 Å². The van der Waals surface area contributed by atoms with E-state index in [1.54, 1.807) is 24.3 Å². The van der Waals surface area contributed by atoms with Crippen molar-refractivity contribution in [2.24, 2.45) is 0 Å². The molecule has 0 saturated heterocycles. The topological polar surface area (TPSA) is 50.9 Å². The highest BCUT2D eigenvalue weighted by molar-refractivity contribution is 5.77. The molecule has 0 aliphatic carbocycles. The summed E-state index contributed by atoms with van der Waals surface area (Å²) in [4.78, 5) is 14.2. The van der Waals surface area contributed by atoms with Crippen molar-refractivity contribution in [1.82, 2.24) is 9.55 Å². The second kappa shape index (κ2) is 3.10. The lowest BCUT2D eigenvalue weighted by Crippen LogP contribution is -2.14. The summed E-state index contributed by atoms with van der Waals surface area (Å²) in [7, 11) is 0. The van der Waals surface area contributed by atoms with Crippen LogP contribution < -0.4 is 5.69 Å². The van der Waals surface area contributed by atoms with E-state index in [0.717, 1.165) is 0 Å². The number of imidazole rings is 1. The lowest BCUT2D eigenvalue weighted by Gasteiger charge is -1.98. The number of para-hydroxylation sites is 1. The molecule has 3 rings (SSSR count).